The van der Waals surface area contributed by atoms with Gasteiger partial charge in [-0.3, -0.25) is 4.79 Å². The van der Waals surface area contributed by atoms with E-state index in [1.54, 1.807) is 0 Å². The molecule has 3 fully saturated rings. The molecule has 0 unspecified atom stereocenters. The first-order valence-electron chi connectivity index (χ1n) is 7.86. The Morgan fingerprint density at radius 3 is 2.35 bits per heavy atom. The summed E-state index contributed by atoms with van der Waals surface area (Å²) in [6.07, 6.45) is 5.87. The van der Waals surface area contributed by atoms with Gasteiger partial charge in [-0.2, -0.15) is 0 Å². The lowest BCUT2D eigenvalue weighted by Gasteiger charge is -2.56. The molecule has 1 aliphatic heterocycles. The molecule has 0 radical (unpaired) electrons. The van der Waals surface area contributed by atoms with Crippen LogP contribution in [0.2, 0.25) is 0 Å². The molecule has 20 heavy (non-hydrogen) atoms. The summed E-state index contributed by atoms with van der Waals surface area (Å²) in [7, 11) is 0. The molecule has 3 N–H and O–H groups in total. The van der Waals surface area contributed by atoms with Gasteiger partial charge in [0.05, 0.1) is 6.10 Å². The van der Waals surface area contributed by atoms with Crippen molar-refractivity contribution < 1.29 is 19.7 Å². The van der Waals surface area contributed by atoms with Crippen LogP contribution in [-0.4, -0.2) is 47.1 Å². The van der Waals surface area contributed by atoms with Gasteiger partial charge < -0.3 is 20.3 Å². The van der Waals surface area contributed by atoms with Crippen LogP contribution in [-0.2, 0) is 9.53 Å². The zero-order valence-corrected chi connectivity index (χ0v) is 11.9. The molecule has 5 heteroatoms. The van der Waals surface area contributed by atoms with Crippen molar-refractivity contribution in [1.29, 1.82) is 0 Å². The Bertz CT molecular complexity index is 372. The van der Waals surface area contributed by atoms with E-state index in [4.69, 9.17) is 4.74 Å². The molecule has 1 amide bonds. The third-order valence-corrected chi connectivity index (χ3v) is 5.65. The average molecular weight is 283 g/mol. The number of aliphatic hydroxyl groups is 2. The Morgan fingerprint density at radius 1 is 1.10 bits per heavy atom. The van der Waals surface area contributed by atoms with Crippen molar-refractivity contribution in [3.63, 3.8) is 0 Å². The Hall–Kier alpha value is -0.650. The quantitative estimate of drug-likeness (QED) is 0.698. The number of ether oxygens (including phenoxy) is 1. The van der Waals surface area contributed by atoms with E-state index in [2.05, 4.69) is 5.32 Å². The van der Waals surface area contributed by atoms with E-state index in [0.29, 0.717) is 32.5 Å². The second-order valence-electron chi connectivity index (χ2n) is 6.72. The number of carbonyl (C=O) groups is 1. The van der Waals surface area contributed by atoms with E-state index in [-0.39, 0.29) is 23.5 Å². The summed E-state index contributed by atoms with van der Waals surface area (Å²) in [4.78, 5) is 12.4. The lowest BCUT2D eigenvalue weighted by Crippen LogP contribution is -2.67. The second-order valence-corrected chi connectivity index (χ2v) is 6.72. The third-order valence-electron chi connectivity index (χ3n) is 5.65. The van der Waals surface area contributed by atoms with Crippen LogP contribution in [0.1, 0.15) is 51.4 Å². The molecule has 2 saturated carbocycles. The highest BCUT2D eigenvalue weighted by Gasteiger charge is 2.56. The normalized spacial score (nSPS) is 35.3. The predicted molar refractivity (Wildman–Crippen MR) is 73.1 cm³/mol. The Kier molecular flexibility index (Phi) is 3.77. The zero-order valence-electron chi connectivity index (χ0n) is 11.9. The first-order valence-corrected chi connectivity index (χ1v) is 7.86. The van der Waals surface area contributed by atoms with Crippen LogP contribution in [0.3, 0.4) is 0 Å². The number of amides is 1. The Balaban J connectivity index is 1.64. The average Bonchev–Trinajstić information content (AvgIpc) is 2.48. The van der Waals surface area contributed by atoms with Crippen molar-refractivity contribution in [3.8, 4) is 0 Å². The zero-order chi connectivity index (χ0) is 14.2. The summed E-state index contributed by atoms with van der Waals surface area (Å²) in [5.74, 6) is -0.236. The molecule has 3 aliphatic rings. The molecule has 0 bridgehead atoms. The number of nitrogens with one attached hydrogen (secondary N) is 1. The van der Waals surface area contributed by atoms with E-state index in [9.17, 15) is 15.0 Å². The topological polar surface area (TPSA) is 78.8 Å². The monoisotopic (exact) mass is 283 g/mol. The minimum absolute atomic E-state index is 0.0140. The van der Waals surface area contributed by atoms with Gasteiger partial charge in [-0.1, -0.05) is 19.3 Å². The van der Waals surface area contributed by atoms with E-state index in [1.165, 1.54) is 0 Å². The van der Waals surface area contributed by atoms with Gasteiger partial charge in [0.15, 0.2) is 0 Å². The van der Waals surface area contributed by atoms with Crippen molar-refractivity contribution in [2.45, 2.75) is 69.1 Å². The summed E-state index contributed by atoms with van der Waals surface area (Å²) in [6.45, 7) is 1.29. The minimum atomic E-state index is -1.19. The van der Waals surface area contributed by atoms with Crippen molar-refractivity contribution >= 4 is 5.91 Å². The maximum atomic E-state index is 12.4. The number of aliphatic hydroxyl groups excluding tert-OH is 1. The highest BCUT2D eigenvalue weighted by molar-refractivity contribution is 5.85. The SMILES string of the molecule is O=C(N[C@@H]1C[C@@H](O)C12CCOCC2)C1(O)CCCCC1. The van der Waals surface area contributed by atoms with Crippen LogP contribution in [0.15, 0.2) is 0 Å². The summed E-state index contributed by atoms with van der Waals surface area (Å²) >= 11 is 0. The molecule has 0 aromatic rings. The first-order chi connectivity index (χ1) is 9.57. The molecule has 1 spiro atoms. The van der Waals surface area contributed by atoms with Gasteiger partial charge in [-0.05, 0) is 32.1 Å². The number of hydrogen-bond donors (Lipinski definition) is 3. The molecule has 0 aromatic carbocycles. The molecule has 2 aliphatic carbocycles. The molecule has 2 atom stereocenters. The first kappa shape index (κ1) is 14.3. The van der Waals surface area contributed by atoms with Crippen molar-refractivity contribution in [3.05, 3.63) is 0 Å². The van der Waals surface area contributed by atoms with Gasteiger partial charge in [0.2, 0.25) is 0 Å². The Morgan fingerprint density at radius 2 is 1.75 bits per heavy atom. The molecular weight excluding hydrogens is 258 g/mol. The van der Waals surface area contributed by atoms with Crippen LogP contribution >= 0.6 is 0 Å². The van der Waals surface area contributed by atoms with Gasteiger partial charge in [0, 0.05) is 24.7 Å². The van der Waals surface area contributed by atoms with E-state index < -0.39 is 5.60 Å². The summed E-state index contributed by atoms with van der Waals surface area (Å²) in [6, 6.07) is -0.0140. The van der Waals surface area contributed by atoms with Crippen LogP contribution in [0, 0.1) is 5.41 Å². The molecule has 5 nitrogen and oxygen atoms in total. The van der Waals surface area contributed by atoms with E-state index >= 15 is 0 Å². The van der Waals surface area contributed by atoms with Gasteiger partial charge >= 0.3 is 0 Å². The smallest absolute Gasteiger partial charge is 0.252 e. The van der Waals surface area contributed by atoms with Crippen molar-refractivity contribution in [2.24, 2.45) is 5.41 Å². The Labute approximate surface area is 119 Å². The molecule has 1 saturated heterocycles. The number of rotatable bonds is 2. The van der Waals surface area contributed by atoms with Crippen LogP contribution in [0.4, 0.5) is 0 Å². The molecule has 0 aromatic heterocycles. The predicted octanol–water partition coefficient (Wildman–Crippen LogP) is 0.728. The van der Waals surface area contributed by atoms with Gasteiger partial charge in [-0.25, -0.2) is 0 Å². The van der Waals surface area contributed by atoms with Gasteiger partial charge in [0.1, 0.15) is 5.60 Å². The number of hydrogen-bond acceptors (Lipinski definition) is 4. The lowest BCUT2D eigenvalue weighted by atomic mass is 9.57. The molecule has 114 valence electrons. The number of carbonyl (C=O) groups excluding carboxylic acids is 1. The fourth-order valence-corrected chi connectivity index (χ4v) is 4.06. The van der Waals surface area contributed by atoms with Crippen molar-refractivity contribution in [2.75, 3.05) is 13.2 Å². The standard InChI is InChI=1S/C15H25NO4/c17-12-10-11(14(12)6-8-20-9-7-14)16-13(18)15(19)4-2-1-3-5-15/h11-12,17,19H,1-10H2,(H,16,18)/t11-,12-/m1/s1. The third kappa shape index (κ3) is 2.26. The minimum Gasteiger partial charge on any atom is -0.392 e. The molecule has 1 heterocycles. The van der Waals surface area contributed by atoms with Crippen molar-refractivity contribution in [1.82, 2.24) is 5.32 Å². The van der Waals surface area contributed by atoms with E-state index in [1.807, 2.05) is 0 Å². The van der Waals surface area contributed by atoms with Crippen LogP contribution < -0.4 is 5.32 Å². The molecular formula is C15H25NO4. The summed E-state index contributed by atoms with van der Waals surface area (Å²) < 4.78 is 5.37. The molecule has 3 rings (SSSR count). The largest absolute Gasteiger partial charge is 0.392 e. The fraction of sp³-hybridized carbons (Fsp3) is 0.933. The maximum absolute atomic E-state index is 12.4. The lowest BCUT2D eigenvalue weighted by molar-refractivity contribution is -0.166. The second kappa shape index (κ2) is 5.28. The summed E-state index contributed by atoms with van der Waals surface area (Å²) in [5.41, 5.74) is -1.41. The van der Waals surface area contributed by atoms with Gasteiger partial charge in [0.25, 0.3) is 5.91 Å². The van der Waals surface area contributed by atoms with Crippen LogP contribution in [0.25, 0.3) is 0 Å². The van der Waals surface area contributed by atoms with Gasteiger partial charge in [-0.15, -0.1) is 0 Å². The highest BCUT2D eigenvalue weighted by atomic mass is 16.5. The fourth-order valence-electron chi connectivity index (χ4n) is 4.06. The summed E-state index contributed by atoms with van der Waals surface area (Å²) in [5, 5.41) is 23.6. The highest BCUT2D eigenvalue weighted by Crippen LogP contribution is 2.49. The van der Waals surface area contributed by atoms with E-state index in [0.717, 1.165) is 32.1 Å². The maximum Gasteiger partial charge on any atom is 0.252 e. The van der Waals surface area contributed by atoms with Crippen LogP contribution in [0.5, 0.6) is 0 Å².